The van der Waals surface area contributed by atoms with E-state index in [1.807, 2.05) is 4.90 Å². The summed E-state index contributed by atoms with van der Waals surface area (Å²) in [4.78, 5) is 24.4. The van der Waals surface area contributed by atoms with Crippen molar-refractivity contribution in [2.45, 2.75) is 5.66 Å². The maximum absolute atomic E-state index is 14.2. The highest BCUT2D eigenvalue weighted by Gasteiger charge is 2.51. The molecule has 1 atom stereocenters. The minimum Gasteiger partial charge on any atom is -0.481 e. The highest BCUT2D eigenvalue weighted by atomic mass is 19.1. The molecule has 33 heavy (non-hydrogen) atoms. The molecule has 1 unspecified atom stereocenters. The molecule has 0 bridgehead atoms. The van der Waals surface area contributed by atoms with Crippen LogP contribution in [0.3, 0.4) is 0 Å². The van der Waals surface area contributed by atoms with Gasteiger partial charge in [0.15, 0.2) is 0 Å². The standard InChI is InChI=1S/C22H18FN7O3/c1-32-16-9-12-13(10-24)20(30-4-6-33-7-5-30)27-19-17(12)18(26-16)28-22(29-19)14-8-11(23)2-3-15(14)25-21(22)31/h2-3,8-9H,4-7H2,1H3,(H,25,31)(H,26,28)(H,27,29). The van der Waals surface area contributed by atoms with Crippen LogP contribution in [0.2, 0.25) is 0 Å². The van der Waals surface area contributed by atoms with Crippen molar-refractivity contribution in [2.75, 3.05) is 54.3 Å². The summed E-state index contributed by atoms with van der Waals surface area (Å²) in [6, 6.07) is 8.03. The number of nitrogens with one attached hydrogen (secondary N) is 3. The third-order valence-corrected chi connectivity index (χ3v) is 6.16. The molecule has 3 aliphatic heterocycles. The Kier molecular flexibility index (Phi) is 4.09. The first-order valence-electron chi connectivity index (χ1n) is 10.4. The number of hydrogen-bond acceptors (Lipinski definition) is 9. The maximum atomic E-state index is 14.2. The highest BCUT2D eigenvalue weighted by molar-refractivity contribution is 6.15. The molecule has 1 amide bonds. The summed E-state index contributed by atoms with van der Waals surface area (Å²) in [5.74, 6) is 0.506. The number of ether oxygens (including phenoxy) is 2. The Morgan fingerprint density at radius 3 is 2.70 bits per heavy atom. The number of carbonyl (C=O) groups excluding carboxylic acids is 1. The number of nitriles is 1. The normalized spacial score (nSPS) is 20.6. The summed E-state index contributed by atoms with van der Waals surface area (Å²) in [5, 5.41) is 20.3. The van der Waals surface area contributed by atoms with Crippen molar-refractivity contribution in [3.05, 3.63) is 41.2 Å². The lowest BCUT2D eigenvalue weighted by Crippen LogP contribution is -2.51. The molecule has 1 saturated heterocycles. The molecule has 2 aromatic heterocycles. The third-order valence-electron chi connectivity index (χ3n) is 6.16. The van der Waals surface area contributed by atoms with E-state index in [1.54, 1.807) is 6.07 Å². The van der Waals surface area contributed by atoms with E-state index in [1.165, 1.54) is 25.3 Å². The van der Waals surface area contributed by atoms with Crippen molar-refractivity contribution < 1.29 is 18.7 Å². The Morgan fingerprint density at radius 2 is 1.97 bits per heavy atom. The zero-order valence-electron chi connectivity index (χ0n) is 17.5. The van der Waals surface area contributed by atoms with E-state index < -0.39 is 17.4 Å². The van der Waals surface area contributed by atoms with Crippen LogP contribution in [0.25, 0.3) is 10.8 Å². The third kappa shape index (κ3) is 2.71. The predicted octanol–water partition coefficient (Wildman–Crippen LogP) is 2.13. The second-order valence-electron chi connectivity index (χ2n) is 7.95. The average Bonchev–Trinajstić information content (AvgIpc) is 3.09. The largest absolute Gasteiger partial charge is 0.481 e. The molecule has 6 rings (SSSR count). The number of morpholine rings is 1. The molecule has 3 aromatic rings. The average molecular weight is 447 g/mol. The van der Waals surface area contributed by atoms with Crippen LogP contribution in [-0.4, -0.2) is 49.3 Å². The molecule has 3 N–H and O–H groups in total. The molecule has 3 aliphatic rings. The van der Waals surface area contributed by atoms with Gasteiger partial charge in [0, 0.05) is 35.8 Å². The quantitative estimate of drug-likeness (QED) is 0.542. The molecule has 5 heterocycles. The second-order valence-corrected chi connectivity index (χ2v) is 7.95. The van der Waals surface area contributed by atoms with Crippen LogP contribution in [0.15, 0.2) is 24.3 Å². The summed E-state index contributed by atoms with van der Waals surface area (Å²) in [6.45, 7) is 2.16. The first kappa shape index (κ1) is 19.5. The maximum Gasteiger partial charge on any atom is 0.275 e. The SMILES string of the molecule is COc1cc2c(C#N)c(N3CCOCC3)nc3c2c(n1)NC1(N3)C(=O)Nc2ccc(F)cc21. The van der Waals surface area contributed by atoms with E-state index in [4.69, 9.17) is 14.5 Å². The monoisotopic (exact) mass is 447 g/mol. The lowest BCUT2D eigenvalue weighted by Gasteiger charge is -2.37. The molecule has 1 fully saturated rings. The second kappa shape index (κ2) is 6.91. The van der Waals surface area contributed by atoms with E-state index >= 15 is 0 Å². The van der Waals surface area contributed by atoms with Crippen LogP contribution in [-0.2, 0) is 15.2 Å². The molecule has 10 nitrogen and oxygen atoms in total. The van der Waals surface area contributed by atoms with Gasteiger partial charge in [0.1, 0.15) is 34.9 Å². The summed E-state index contributed by atoms with van der Waals surface area (Å²) in [7, 11) is 1.47. The number of hydrogen-bond donors (Lipinski definition) is 3. The Balaban J connectivity index is 1.62. The van der Waals surface area contributed by atoms with Crippen LogP contribution in [0.5, 0.6) is 5.88 Å². The number of fused-ring (bicyclic) bond motifs is 2. The van der Waals surface area contributed by atoms with E-state index in [9.17, 15) is 14.4 Å². The van der Waals surface area contributed by atoms with Gasteiger partial charge in [-0.3, -0.25) is 4.79 Å². The van der Waals surface area contributed by atoms with Gasteiger partial charge in [-0.2, -0.15) is 10.2 Å². The summed E-state index contributed by atoms with van der Waals surface area (Å²) < 4.78 is 25.0. The lowest BCUT2D eigenvalue weighted by molar-refractivity contribution is -0.119. The number of pyridine rings is 2. The van der Waals surface area contributed by atoms with Gasteiger partial charge in [-0.05, 0) is 18.2 Å². The van der Waals surface area contributed by atoms with Gasteiger partial charge in [-0.25, -0.2) is 9.37 Å². The highest BCUT2D eigenvalue weighted by Crippen LogP contribution is 2.47. The number of carbonyl (C=O) groups is 1. The van der Waals surface area contributed by atoms with Gasteiger partial charge in [0.2, 0.25) is 11.5 Å². The number of rotatable bonds is 2. The lowest BCUT2D eigenvalue weighted by atomic mass is 9.96. The molecular formula is C22H18FN7O3. The zero-order valence-corrected chi connectivity index (χ0v) is 17.5. The first-order chi connectivity index (χ1) is 16.0. The van der Waals surface area contributed by atoms with E-state index in [2.05, 4.69) is 27.0 Å². The number of amides is 1. The fourth-order valence-corrected chi connectivity index (χ4v) is 4.61. The molecule has 1 aromatic carbocycles. The van der Waals surface area contributed by atoms with Crippen molar-refractivity contribution in [1.29, 1.82) is 5.26 Å². The Bertz CT molecular complexity index is 1380. The minimum absolute atomic E-state index is 0.265. The van der Waals surface area contributed by atoms with Crippen LogP contribution in [0.1, 0.15) is 11.1 Å². The number of halogens is 1. The molecule has 166 valence electrons. The number of methoxy groups -OCH3 is 1. The number of anilines is 4. The van der Waals surface area contributed by atoms with E-state index in [0.717, 1.165) is 0 Å². The van der Waals surface area contributed by atoms with Crippen molar-refractivity contribution in [2.24, 2.45) is 0 Å². The van der Waals surface area contributed by atoms with Gasteiger partial charge in [0.25, 0.3) is 5.91 Å². The van der Waals surface area contributed by atoms with Gasteiger partial charge < -0.3 is 30.3 Å². The summed E-state index contributed by atoms with van der Waals surface area (Å²) in [5.41, 5.74) is -0.291. The fourth-order valence-electron chi connectivity index (χ4n) is 4.61. The van der Waals surface area contributed by atoms with Crippen LogP contribution < -0.4 is 25.6 Å². The van der Waals surface area contributed by atoms with Gasteiger partial charge in [-0.1, -0.05) is 0 Å². The Morgan fingerprint density at radius 1 is 1.21 bits per heavy atom. The number of nitrogens with zero attached hydrogens (tertiary/aromatic N) is 4. The molecule has 0 aliphatic carbocycles. The zero-order chi connectivity index (χ0) is 22.7. The number of benzene rings is 1. The van der Waals surface area contributed by atoms with E-state index in [0.29, 0.717) is 71.3 Å². The van der Waals surface area contributed by atoms with Crippen LogP contribution in [0.4, 0.5) is 27.5 Å². The molecule has 1 spiro atoms. The summed E-state index contributed by atoms with van der Waals surface area (Å²) in [6.07, 6.45) is 0. The van der Waals surface area contributed by atoms with Crippen LogP contribution in [0, 0.1) is 17.1 Å². The Hall–Kier alpha value is -4.17. The molecular weight excluding hydrogens is 429 g/mol. The van der Waals surface area contributed by atoms with Crippen molar-refractivity contribution >= 4 is 39.8 Å². The smallest absolute Gasteiger partial charge is 0.275 e. The number of aromatic nitrogens is 2. The molecule has 0 radical (unpaired) electrons. The van der Waals surface area contributed by atoms with Crippen molar-refractivity contribution in [3.8, 4) is 11.9 Å². The Labute approximate surface area is 187 Å². The van der Waals surface area contributed by atoms with Crippen LogP contribution >= 0.6 is 0 Å². The molecule has 11 heteroatoms. The van der Waals surface area contributed by atoms with Crippen molar-refractivity contribution in [3.63, 3.8) is 0 Å². The first-order valence-corrected chi connectivity index (χ1v) is 10.4. The topological polar surface area (TPSA) is 124 Å². The van der Waals surface area contributed by atoms with Gasteiger partial charge >= 0.3 is 0 Å². The fraction of sp³-hybridized carbons (Fsp3) is 0.273. The minimum atomic E-state index is -1.53. The van der Waals surface area contributed by atoms with Gasteiger partial charge in [-0.15, -0.1) is 0 Å². The van der Waals surface area contributed by atoms with E-state index in [-0.39, 0.29) is 5.88 Å². The molecule has 0 saturated carbocycles. The van der Waals surface area contributed by atoms with Gasteiger partial charge in [0.05, 0.1) is 25.7 Å². The van der Waals surface area contributed by atoms with Crippen molar-refractivity contribution in [1.82, 2.24) is 9.97 Å². The predicted molar refractivity (Wildman–Crippen MR) is 118 cm³/mol. The summed E-state index contributed by atoms with van der Waals surface area (Å²) >= 11 is 0.